The first-order valence-corrected chi connectivity index (χ1v) is 12.0. The highest BCUT2D eigenvalue weighted by molar-refractivity contribution is 7.89. The van der Waals surface area contributed by atoms with E-state index in [9.17, 15) is 13.2 Å². The van der Waals surface area contributed by atoms with E-state index in [1.807, 2.05) is 36.4 Å². The Balaban J connectivity index is 1.93. The van der Waals surface area contributed by atoms with Crippen LogP contribution in [0.15, 0.2) is 78.9 Å². The van der Waals surface area contributed by atoms with Crippen LogP contribution in [0.4, 0.5) is 0 Å². The molecule has 0 unspecified atom stereocenters. The van der Waals surface area contributed by atoms with Crippen LogP contribution in [0, 0.1) is 6.92 Å². The zero-order valence-corrected chi connectivity index (χ0v) is 18.3. The van der Waals surface area contributed by atoms with Crippen molar-refractivity contribution >= 4 is 26.8 Å². The van der Waals surface area contributed by atoms with E-state index >= 15 is 0 Å². The average molecular weight is 433 g/mol. The second kappa shape index (κ2) is 8.40. The van der Waals surface area contributed by atoms with Crippen LogP contribution in [0.1, 0.15) is 12.0 Å². The summed E-state index contributed by atoms with van der Waals surface area (Å²) in [4.78, 5) is 12.2. The number of aryl methyl sites for hydroxylation is 2. The Morgan fingerprint density at radius 1 is 0.903 bits per heavy atom. The molecule has 158 valence electrons. The molecule has 1 aromatic heterocycles. The smallest absolute Gasteiger partial charge is 0.235 e. The van der Waals surface area contributed by atoms with Crippen molar-refractivity contribution in [3.05, 3.63) is 84.4 Å². The summed E-state index contributed by atoms with van der Waals surface area (Å²) in [5.41, 5.74) is 6.41. The van der Waals surface area contributed by atoms with E-state index in [-0.39, 0.29) is 6.42 Å². The highest BCUT2D eigenvalue weighted by atomic mass is 32.2. The zero-order chi connectivity index (χ0) is 22.0. The minimum Gasteiger partial charge on any atom is -0.339 e. The van der Waals surface area contributed by atoms with Crippen molar-refractivity contribution in [3.8, 4) is 22.4 Å². The lowest BCUT2D eigenvalue weighted by molar-refractivity contribution is -0.119. The molecular formula is C25H24N2O3S. The van der Waals surface area contributed by atoms with E-state index in [0.29, 0.717) is 6.54 Å². The van der Waals surface area contributed by atoms with Crippen molar-refractivity contribution in [3.63, 3.8) is 0 Å². The van der Waals surface area contributed by atoms with Gasteiger partial charge in [-0.25, -0.2) is 8.42 Å². The minimum atomic E-state index is -3.58. The molecule has 5 nitrogen and oxygen atoms in total. The lowest BCUT2D eigenvalue weighted by Crippen LogP contribution is -2.30. The highest BCUT2D eigenvalue weighted by Gasteiger charge is 2.21. The molecule has 3 aromatic carbocycles. The van der Waals surface area contributed by atoms with Gasteiger partial charge < -0.3 is 4.57 Å². The van der Waals surface area contributed by atoms with Gasteiger partial charge in [0.05, 0.1) is 11.9 Å². The number of carbonyl (C=O) groups is 1. The molecule has 1 amide bonds. The Labute approximate surface area is 182 Å². The summed E-state index contributed by atoms with van der Waals surface area (Å²) in [5, 5.41) is 1.11. The number of amides is 1. The Bertz CT molecular complexity index is 1340. The van der Waals surface area contributed by atoms with Crippen LogP contribution >= 0.6 is 0 Å². The third kappa shape index (κ3) is 4.54. The number of rotatable bonds is 6. The molecule has 1 N–H and O–H groups in total. The summed E-state index contributed by atoms with van der Waals surface area (Å²) in [7, 11) is -3.58. The van der Waals surface area contributed by atoms with E-state index in [2.05, 4.69) is 58.7 Å². The zero-order valence-electron chi connectivity index (χ0n) is 17.5. The van der Waals surface area contributed by atoms with E-state index < -0.39 is 15.9 Å². The summed E-state index contributed by atoms with van der Waals surface area (Å²) in [6.07, 6.45) is 1.04. The standard InChI is InChI=1S/C25H24N2O3S/c1-18-13-14-22-21(17-18)24(19-9-5-3-6-10-19)25(20-11-7-4-8-12-20)27(22)16-15-23(28)26-31(2,29)30/h3-14,17H,15-16H2,1-2H3,(H,26,28). The molecule has 0 atom stereocenters. The number of fused-ring (bicyclic) bond motifs is 1. The number of benzene rings is 3. The number of hydrogen-bond donors (Lipinski definition) is 1. The lowest BCUT2D eigenvalue weighted by atomic mass is 9.98. The molecule has 6 heteroatoms. The Morgan fingerprint density at radius 2 is 1.52 bits per heavy atom. The van der Waals surface area contributed by atoms with E-state index in [0.717, 1.165) is 45.1 Å². The molecular weight excluding hydrogens is 408 g/mol. The second-order valence-corrected chi connectivity index (χ2v) is 9.42. The maximum Gasteiger partial charge on any atom is 0.235 e. The molecule has 0 saturated carbocycles. The fraction of sp³-hybridized carbons (Fsp3) is 0.160. The predicted octanol–water partition coefficient (Wildman–Crippen LogP) is 4.75. The van der Waals surface area contributed by atoms with Gasteiger partial charge in [0.15, 0.2) is 0 Å². The number of nitrogens with zero attached hydrogens (tertiary/aromatic N) is 1. The maximum atomic E-state index is 12.2. The Morgan fingerprint density at radius 3 is 2.13 bits per heavy atom. The Kier molecular flexibility index (Phi) is 5.65. The van der Waals surface area contributed by atoms with Crippen LogP contribution in [-0.2, 0) is 21.4 Å². The second-order valence-electron chi connectivity index (χ2n) is 7.68. The summed E-state index contributed by atoms with van der Waals surface area (Å²) in [6.45, 7) is 2.42. The molecule has 1 heterocycles. The Hall–Kier alpha value is -3.38. The van der Waals surface area contributed by atoms with Gasteiger partial charge in [-0.1, -0.05) is 72.3 Å². The SMILES string of the molecule is Cc1ccc2c(c1)c(-c1ccccc1)c(-c1ccccc1)n2CCC(=O)NS(C)(=O)=O. The van der Waals surface area contributed by atoms with Gasteiger partial charge in [-0.2, -0.15) is 0 Å². The van der Waals surface area contributed by atoms with Gasteiger partial charge in [0.25, 0.3) is 0 Å². The fourth-order valence-corrected chi connectivity index (χ4v) is 4.48. The van der Waals surface area contributed by atoms with Gasteiger partial charge in [0.1, 0.15) is 0 Å². The van der Waals surface area contributed by atoms with E-state index in [4.69, 9.17) is 0 Å². The van der Waals surface area contributed by atoms with Gasteiger partial charge in [-0.15, -0.1) is 0 Å². The molecule has 0 bridgehead atoms. The van der Waals surface area contributed by atoms with Crippen molar-refractivity contribution in [2.24, 2.45) is 0 Å². The molecule has 0 aliphatic rings. The molecule has 0 aliphatic heterocycles. The average Bonchev–Trinajstić information content (AvgIpc) is 3.05. The maximum absolute atomic E-state index is 12.2. The summed E-state index contributed by atoms with van der Waals surface area (Å²) < 4.78 is 27.1. The van der Waals surface area contributed by atoms with Gasteiger partial charge in [-0.05, 0) is 30.2 Å². The highest BCUT2D eigenvalue weighted by Crippen LogP contribution is 2.41. The third-order valence-corrected chi connectivity index (χ3v) is 5.79. The first-order valence-electron chi connectivity index (χ1n) is 10.1. The van der Waals surface area contributed by atoms with Crippen LogP contribution in [0.5, 0.6) is 0 Å². The van der Waals surface area contributed by atoms with Crippen LogP contribution in [0.25, 0.3) is 33.3 Å². The van der Waals surface area contributed by atoms with Gasteiger partial charge >= 0.3 is 0 Å². The summed E-state index contributed by atoms with van der Waals surface area (Å²) >= 11 is 0. The van der Waals surface area contributed by atoms with Crippen molar-refractivity contribution in [2.75, 3.05) is 6.26 Å². The topological polar surface area (TPSA) is 68.2 Å². The first kappa shape index (κ1) is 20.9. The third-order valence-electron chi connectivity index (χ3n) is 5.19. The fourth-order valence-electron chi connectivity index (χ4n) is 3.97. The van der Waals surface area contributed by atoms with E-state index in [1.54, 1.807) is 0 Å². The minimum absolute atomic E-state index is 0.0544. The van der Waals surface area contributed by atoms with Crippen molar-refractivity contribution in [1.29, 1.82) is 0 Å². The van der Waals surface area contributed by atoms with Crippen LogP contribution < -0.4 is 4.72 Å². The molecule has 4 rings (SSSR count). The van der Waals surface area contributed by atoms with Crippen molar-refractivity contribution in [2.45, 2.75) is 19.9 Å². The number of sulfonamides is 1. The molecule has 0 fully saturated rings. The predicted molar refractivity (Wildman–Crippen MR) is 125 cm³/mol. The summed E-state index contributed by atoms with van der Waals surface area (Å²) in [5.74, 6) is -0.517. The molecule has 31 heavy (non-hydrogen) atoms. The molecule has 4 aromatic rings. The molecule has 0 spiro atoms. The number of hydrogen-bond acceptors (Lipinski definition) is 3. The van der Waals surface area contributed by atoms with Gasteiger partial charge in [-0.3, -0.25) is 9.52 Å². The summed E-state index contributed by atoms with van der Waals surface area (Å²) in [6, 6.07) is 26.6. The van der Waals surface area contributed by atoms with Crippen LogP contribution in [0.2, 0.25) is 0 Å². The first-order chi connectivity index (χ1) is 14.8. The van der Waals surface area contributed by atoms with Crippen molar-refractivity contribution < 1.29 is 13.2 Å². The monoisotopic (exact) mass is 432 g/mol. The van der Waals surface area contributed by atoms with Crippen molar-refractivity contribution in [1.82, 2.24) is 9.29 Å². The number of aromatic nitrogens is 1. The lowest BCUT2D eigenvalue weighted by Gasteiger charge is -2.13. The largest absolute Gasteiger partial charge is 0.339 e. The van der Waals surface area contributed by atoms with E-state index in [1.165, 1.54) is 0 Å². The number of carbonyl (C=O) groups excluding carboxylic acids is 1. The normalized spacial score (nSPS) is 11.5. The molecule has 0 aliphatic carbocycles. The molecule has 0 radical (unpaired) electrons. The molecule has 0 saturated heterocycles. The van der Waals surface area contributed by atoms with Gasteiger partial charge in [0.2, 0.25) is 15.9 Å². The van der Waals surface area contributed by atoms with Gasteiger partial charge in [0, 0.05) is 29.4 Å². The number of nitrogens with one attached hydrogen (secondary N) is 1. The van der Waals surface area contributed by atoms with Crippen LogP contribution in [-0.4, -0.2) is 25.1 Å². The quantitative estimate of drug-likeness (QED) is 0.478. The van der Waals surface area contributed by atoms with Crippen LogP contribution in [0.3, 0.4) is 0 Å².